The van der Waals surface area contributed by atoms with Crippen LogP contribution in [0.3, 0.4) is 0 Å². The minimum absolute atomic E-state index is 0.0108. The third-order valence-corrected chi connectivity index (χ3v) is 6.84. The Hall–Kier alpha value is -3.49. The van der Waals surface area contributed by atoms with Gasteiger partial charge < -0.3 is 15.5 Å². The fraction of sp³-hybridized carbons (Fsp3) is 0.500. The first kappa shape index (κ1) is 24.6. The van der Waals surface area contributed by atoms with Gasteiger partial charge in [0, 0.05) is 50.5 Å². The topological polar surface area (TPSA) is 113 Å². The predicted octanol–water partition coefficient (Wildman–Crippen LogP) is 4.13. The fourth-order valence-corrected chi connectivity index (χ4v) is 4.92. The van der Waals surface area contributed by atoms with Gasteiger partial charge in [-0.05, 0) is 68.9 Å². The van der Waals surface area contributed by atoms with Gasteiger partial charge in [0.05, 0.1) is 10.6 Å². The van der Waals surface area contributed by atoms with E-state index in [9.17, 15) is 14.9 Å². The minimum Gasteiger partial charge on any atom is -0.362 e. The second kappa shape index (κ2) is 11.3. The molecule has 0 unspecified atom stereocenters. The predicted molar refractivity (Wildman–Crippen MR) is 138 cm³/mol. The second-order valence-corrected chi connectivity index (χ2v) is 9.69. The van der Waals surface area contributed by atoms with Crippen molar-refractivity contribution in [3.05, 3.63) is 57.3 Å². The Morgan fingerprint density at radius 1 is 1.17 bits per heavy atom. The molecule has 9 nitrogen and oxygen atoms in total. The first-order valence-corrected chi connectivity index (χ1v) is 12.4. The van der Waals surface area contributed by atoms with Crippen LogP contribution in [0.25, 0.3) is 6.08 Å². The molecule has 1 fully saturated rings. The Kier molecular flexibility index (Phi) is 7.94. The molecule has 2 aliphatic rings. The maximum absolute atomic E-state index is 12.2. The van der Waals surface area contributed by atoms with Crippen molar-refractivity contribution in [2.24, 2.45) is 5.92 Å². The first-order valence-electron chi connectivity index (χ1n) is 12.4. The number of nitro benzene ring substituents is 1. The molecule has 0 spiro atoms. The molecule has 9 heteroatoms. The number of rotatable bonds is 8. The number of carbonyl (C=O) groups excluding carboxylic acids is 1. The Balaban J connectivity index is 1.24. The van der Waals surface area contributed by atoms with Gasteiger partial charge in [-0.15, -0.1) is 0 Å². The molecule has 1 amide bonds. The number of aromatic nitrogens is 2. The van der Waals surface area contributed by atoms with Crippen LogP contribution in [0.15, 0.2) is 30.3 Å². The lowest BCUT2D eigenvalue weighted by atomic mass is 9.86. The summed E-state index contributed by atoms with van der Waals surface area (Å²) in [6, 6.07) is 6.57. The third kappa shape index (κ3) is 6.55. The Morgan fingerprint density at radius 2 is 1.94 bits per heavy atom. The van der Waals surface area contributed by atoms with Gasteiger partial charge in [-0.25, -0.2) is 4.98 Å². The molecule has 1 aromatic carbocycles. The van der Waals surface area contributed by atoms with Gasteiger partial charge in [0.25, 0.3) is 5.69 Å². The van der Waals surface area contributed by atoms with Crippen molar-refractivity contribution in [3.63, 3.8) is 0 Å². The van der Waals surface area contributed by atoms with Gasteiger partial charge in [0.15, 0.2) is 0 Å². The van der Waals surface area contributed by atoms with Crippen LogP contribution in [0.5, 0.6) is 0 Å². The van der Waals surface area contributed by atoms with Crippen LogP contribution in [0.4, 0.5) is 17.5 Å². The molecule has 4 rings (SSSR count). The van der Waals surface area contributed by atoms with Crippen molar-refractivity contribution < 1.29 is 9.72 Å². The van der Waals surface area contributed by atoms with Crippen LogP contribution in [0, 0.1) is 16.0 Å². The summed E-state index contributed by atoms with van der Waals surface area (Å²) in [5.74, 6) is 2.02. The highest BCUT2D eigenvalue weighted by Gasteiger charge is 2.24. The van der Waals surface area contributed by atoms with Crippen LogP contribution in [-0.4, -0.2) is 47.5 Å². The summed E-state index contributed by atoms with van der Waals surface area (Å²) >= 11 is 0. The van der Waals surface area contributed by atoms with E-state index in [0.29, 0.717) is 24.1 Å². The van der Waals surface area contributed by atoms with Crippen LogP contribution in [0.1, 0.15) is 55.3 Å². The van der Waals surface area contributed by atoms with Crippen LogP contribution in [-0.2, 0) is 17.6 Å². The summed E-state index contributed by atoms with van der Waals surface area (Å²) in [4.78, 5) is 34.4. The van der Waals surface area contributed by atoms with E-state index < -0.39 is 4.92 Å². The SMILES string of the molecule is CN(C)c1nc(NC2CCC(CNC(=O)C=Cc3cccc([N+](=O)[O-])c3)CC2)nc2c1CCCC2. The molecule has 1 aromatic heterocycles. The van der Waals surface area contributed by atoms with E-state index in [1.54, 1.807) is 18.2 Å². The Bertz CT molecular complexity index is 1090. The number of non-ortho nitro benzene ring substituents is 1. The molecule has 0 bridgehead atoms. The maximum atomic E-state index is 12.2. The second-order valence-electron chi connectivity index (χ2n) is 9.69. The standard InChI is InChI=1S/C26H34N6O3/c1-31(2)25-22-8-3-4-9-23(22)29-26(30-25)28-20-13-10-19(11-14-20)17-27-24(33)15-12-18-6-5-7-21(16-18)32(34)35/h5-7,12,15-16,19-20H,3-4,8-11,13-14,17H2,1-2H3,(H,27,33)(H,28,29,30). The lowest BCUT2D eigenvalue weighted by Gasteiger charge is -2.30. The Morgan fingerprint density at radius 3 is 2.69 bits per heavy atom. The van der Waals surface area contributed by atoms with Gasteiger partial charge in [0.2, 0.25) is 11.9 Å². The highest BCUT2D eigenvalue weighted by Crippen LogP contribution is 2.30. The number of amides is 1. The number of carbonyl (C=O) groups is 1. The molecule has 1 heterocycles. The molecule has 2 aliphatic carbocycles. The molecule has 0 saturated heterocycles. The zero-order chi connectivity index (χ0) is 24.8. The zero-order valence-corrected chi connectivity index (χ0v) is 20.5. The van der Waals surface area contributed by atoms with Gasteiger partial charge in [-0.1, -0.05) is 12.1 Å². The summed E-state index contributed by atoms with van der Waals surface area (Å²) in [5.41, 5.74) is 3.12. The van der Waals surface area contributed by atoms with Crippen LogP contribution in [0.2, 0.25) is 0 Å². The molecular formula is C26H34N6O3. The fourth-order valence-electron chi connectivity index (χ4n) is 4.92. The Labute approximate surface area is 206 Å². The number of hydrogen-bond acceptors (Lipinski definition) is 7. The van der Waals surface area contributed by atoms with Gasteiger partial charge in [-0.3, -0.25) is 14.9 Å². The summed E-state index contributed by atoms with van der Waals surface area (Å²) in [7, 11) is 4.08. The number of nitro groups is 1. The van der Waals surface area contributed by atoms with E-state index in [4.69, 9.17) is 9.97 Å². The van der Waals surface area contributed by atoms with Crippen molar-refractivity contribution in [1.82, 2.24) is 15.3 Å². The number of anilines is 2. The summed E-state index contributed by atoms with van der Waals surface area (Å²) in [6.45, 7) is 0.630. The van der Waals surface area contributed by atoms with Crippen LogP contribution >= 0.6 is 0 Å². The monoisotopic (exact) mass is 478 g/mol. The summed E-state index contributed by atoms with van der Waals surface area (Å²) in [5, 5.41) is 17.4. The average Bonchev–Trinajstić information content (AvgIpc) is 2.86. The number of aryl methyl sites for hydroxylation is 1. The van der Waals surface area contributed by atoms with Crippen molar-refractivity contribution in [1.29, 1.82) is 0 Å². The number of nitrogens with one attached hydrogen (secondary N) is 2. The molecule has 0 radical (unpaired) electrons. The maximum Gasteiger partial charge on any atom is 0.270 e. The number of fused-ring (bicyclic) bond motifs is 1. The largest absolute Gasteiger partial charge is 0.362 e. The van der Waals surface area contributed by atoms with Gasteiger partial charge >= 0.3 is 0 Å². The van der Waals surface area contributed by atoms with Crippen LogP contribution < -0.4 is 15.5 Å². The lowest BCUT2D eigenvalue weighted by molar-refractivity contribution is -0.384. The van der Waals surface area contributed by atoms with Crippen molar-refractivity contribution in [2.45, 2.75) is 57.4 Å². The summed E-state index contributed by atoms with van der Waals surface area (Å²) < 4.78 is 0. The number of benzene rings is 1. The lowest BCUT2D eigenvalue weighted by Crippen LogP contribution is -2.33. The summed E-state index contributed by atoms with van der Waals surface area (Å²) in [6.07, 6.45) is 11.6. The quantitative estimate of drug-likeness (QED) is 0.333. The highest BCUT2D eigenvalue weighted by molar-refractivity contribution is 5.91. The minimum atomic E-state index is -0.443. The van der Waals surface area contributed by atoms with E-state index in [1.807, 2.05) is 14.1 Å². The van der Waals surface area contributed by atoms with Crippen molar-refractivity contribution in [3.8, 4) is 0 Å². The number of hydrogen-bond donors (Lipinski definition) is 2. The molecule has 186 valence electrons. The molecule has 2 aromatic rings. The van der Waals surface area contributed by atoms with Crippen molar-refractivity contribution in [2.75, 3.05) is 30.9 Å². The van der Waals surface area contributed by atoms with Crippen molar-refractivity contribution >= 4 is 29.4 Å². The van der Waals surface area contributed by atoms with Gasteiger partial charge in [0.1, 0.15) is 5.82 Å². The number of nitrogens with zero attached hydrogens (tertiary/aromatic N) is 4. The van der Waals surface area contributed by atoms with E-state index in [-0.39, 0.29) is 11.6 Å². The highest BCUT2D eigenvalue weighted by atomic mass is 16.6. The molecule has 2 N–H and O–H groups in total. The zero-order valence-electron chi connectivity index (χ0n) is 20.5. The van der Waals surface area contributed by atoms with E-state index >= 15 is 0 Å². The first-order chi connectivity index (χ1) is 16.9. The molecule has 0 aliphatic heterocycles. The molecule has 0 atom stereocenters. The third-order valence-electron chi connectivity index (χ3n) is 6.84. The van der Waals surface area contributed by atoms with E-state index in [1.165, 1.54) is 42.3 Å². The molecule has 35 heavy (non-hydrogen) atoms. The normalized spacial score (nSPS) is 19.7. The molecule has 1 saturated carbocycles. The van der Waals surface area contributed by atoms with E-state index in [2.05, 4.69) is 15.5 Å². The smallest absolute Gasteiger partial charge is 0.270 e. The average molecular weight is 479 g/mol. The molecular weight excluding hydrogens is 444 g/mol. The van der Waals surface area contributed by atoms with Gasteiger partial charge in [-0.2, -0.15) is 4.98 Å². The van der Waals surface area contributed by atoms with E-state index in [0.717, 1.165) is 50.3 Å².